The average molecular weight is 1100 g/mol. The van der Waals surface area contributed by atoms with Gasteiger partial charge in [0.05, 0.1) is 44.5 Å². The molecular weight excluding hydrogens is 1070 g/mol. The molecule has 0 aliphatic carbocycles. The highest BCUT2D eigenvalue weighted by Gasteiger charge is 2.47. The van der Waals surface area contributed by atoms with Crippen LogP contribution >= 0.6 is 11.3 Å². The van der Waals surface area contributed by atoms with Crippen molar-refractivity contribution in [3.8, 4) is 10.9 Å². The first-order valence-electron chi connectivity index (χ1n) is 19.9. The van der Waals surface area contributed by atoms with Crippen molar-refractivity contribution in [1.82, 2.24) is 0 Å². The smallest absolute Gasteiger partial charge is 0.424 e. The number of fused-ring (bicyclic) bond motifs is 1. The van der Waals surface area contributed by atoms with Crippen LogP contribution in [-0.2, 0) is 56.0 Å². The second-order valence-electron chi connectivity index (χ2n) is 15.8. The molecule has 0 amide bonds. The van der Waals surface area contributed by atoms with E-state index < -0.39 is 195 Å². The summed E-state index contributed by atoms with van der Waals surface area (Å²) in [5, 5.41) is 0.891. The van der Waals surface area contributed by atoms with Gasteiger partial charge in [-0.25, -0.2) is 0 Å². The zero-order valence-electron chi connectivity index (χ0n) is 35.3. The first kappa shape index (κ1) is 56.0. The Morgan fingerprint density at radius 3 is 0.890 bits per heavy atom. The lowest BCUT2D eigenvalue weighted by atomic mass is 9.12. The third-order valence-corrected chi connectivity index (χ3v) is 11.8. The van der Waals surface area contributed by atoms with Crippen molar-refractivity contribution < 1.29 is 119 Å². The molecule has 0 bridgehead atoms. The average Bonchev–Trinajstić information content (AvgIpc) is 3.67. The van der Waals surface area contributed by atoms with Gasteiger partial charge in [0.15, 0.2) is 6.54 Å². The molecule has 5 aromatic carbocycles. The van der Waals surface area contributed by atoms with Crippen molar-refractivity contribution in [2.45, 2.75) is 56.0 Å². The molecule has 0 unspecified atom stereocenters. The van der Waals surface area contributed by atoms with Gasteiger partial charge in [-0.1, -0.05) is 78.9 Å². The topological polar surface area (TPSA) is 22.3 Å². The zero-order valence-corrected chi connectivity index (χ0v) is 36.2. The molecule has 0 saturated carbocycles. The van der Waals surface area contributed by atoms with Crippen LogP contribution in [0.1, 0.15) is 50.1 Å². The van der Waals surface area contributed by atoms with Crippen LogP contribution < -0.4 is 35.9 Å². The second-order valence-corrected chi connectivity index (χ2v) is 16.7. The number of thiazole rings is 1. The Bertz CT molecular complexity index is 2510. The molecule has 0 fully saturated rings. The molecule has 73 heavy (non-hydrogen) atoms. The van der Waals surface area contributed by atoms with Crippen LogP contribution in [0.3, 0.4) is 0 Å². The molecule has 0 radical (unpaired) electrons. The molecule has 1 aromatic heterocycles. The minimum absolute atomic E-state index is 0.637. The molecule has 0 saturated heterocycles. The van der Waals surface area contributed by atoms with E-state index in [0.717, 1.165) is 17.5 Å². The van der Waals surface area contributed by atoms with Crippen LogP contribution in [0.5, 0.6) is 10.9 Å². The fraction of sp³-hybridized carbons (Fsp3) is 0.250. The van der Waals surface area contributed by atoms with Crippen LogP contribution in [0.4, 0.5) is 105 Å². The zero-order chi connectivity index (χ0) is 54.7. The van der Waals surface area contributed by atoms with Crippen molar-refractivity contribution in [3.63, 3.8) is 0 Å². The fourth-order valence-electron chi connectivity index (χ4n) is 7.80. The summed E-state index contributed by atoms with van der Waals surface area (Å²) in [5.74, 6) is 0.861. The summed E-state index contributed by atoms with van der Waals surface area (Å²) in [7, 11) is 0. The van der Waals surface area contributed by atoms with Gasteiger partial charge in [-0.2, -0.15) is 127 Å². The predicted octanol–water partition coefficient (Wildman–Crippen LogP) is 13.1. The number of alkyl halides is 24. The first-order chi connectivity index (χ1) is 33.2. The molecule has 0 N–H and O–H groups in total. The van der Waals surface area contributed by atoms with Gasteiger partial charge in [-0.15, -0.1) is 4.57 Å². The highest BCUT2D eigenvalue weighted by atomic mass is 32.1. The van der Waals surface area contributed by atoms with E-state index in [4.69, 9.17) is 9.47 Å². The van der Waals surface area contributed by atoms with E-state index in [1.165, 1.54) is 5.56 Å². The molecular formula is C44H24BF24NO2S. The van der Waals surface area contributed by atoms with E-state index in [-0.39, 0.29) is 0 Å². The standard InChI is InChI=1S/C32H12BF24.C12H12NO2S/c34-25(35,36)13-1-14(26(37,38)39)6-21(5-13)33(22-7-15(27(40,41)42)2-16(8-22)28(43,44)45,23-9-17(29(46,47)48)3-18(10-23)30(49,50)51)24-11-19(31(52,53)54)4-20(12-24)32(55,56)57;1-2-4-10(5-3-1)8-13-9-16-12-11(13)14-6-7-15-12/h1-12H;1-5,9H,6-8H2/q-1;+1. The van der Waals surface area contributed by atoms with E-state index >= 15 is 0 Å². The number of nitrogens with zero attached hydrogens (tertiary/aromatic N) is 1. The third kappa shape index (κ3) is 12.6. The SMILES string of the molecule is FC(F)(F)c1cc([B-](c2cc(C(F)(F)F)cc(C(F)(F)F)c2)(c2cc(C(F)(F)F)cc(C(F)(F)F)c2)c2cc(C(F)(F)F)cc(C(F)(F)F)c2)cc(C(F)(F)F)c1.c1ccc(C[n+]2csc3c2OCCO3)cc1. The Morgan fingerprint density at radius 2 is 0.630 bits per heavy atom. The van der Waals surface area contributed by atoms with Crippen LogP contribution in [0.2, 0.25) is 0 Å². The van der Waals surface area contributed by atoms with Crippen molar-refractivity contribution in [2.24, 2.45) is 0 Å². The van der Waals surface area contributed by atoms with Crippen molar-refractivity contribution in [3.05, 3.63) is 159 Å². The van der Waals surface area contributed by atoms with Crippen LogP contribution in [-0.4, -0.2) is 19.4 Å². The molecule has 29 heteroatoms. The summed E-state index contributed by atoms with van der Waals surface area (Å²) >= 11 is 1.59. The molecule has 1 aliphatic rings. The van der Waals surface area contributed by atoms with Gasteiger partial charge in [0.1, 0.15) is 19.4 Å². The van der Waals surface area contributed by atoms with Gasteiger partial charge in [-0.3, -0.25) is 0 Å². The Morgan fingerprint density at radius 1 is 0.370 bits per heavy atom. The number of benzene rings is 5. The highest BCUT2D eigenvalue weighted by molar-refractivity contribution is 7.20. The number of rotatable bonds is 6. The van der Waals surface area contributed by atoms with Gasteiger partial charge in [0, 0.05) is 5.56 Å². The Labute approximate surface area is 397 Å². The number of hydrogen-bond donors (Lipinski definition) is 0. The number of halogens is 24. The van der Waals surface area contributed by atoms with Crippen molar-refractivity contribution in [1.29, 1.82) is 0 Å². The summed E-state index contributed by atoms with van der Waals surface area (Å²) in [5.41, 5.74) is -26.9. The van der Waals surface area contributed by atoms with E-state index in [1.807, 2.05) is 23.7 Å². The van der Waals surface area contributed by atoms with E-state index in [1.54, 1.807) is 11.3 Å². The summed E-state index contributed by atoms with van der Waals surface area (Å²) < 4.78 is 354. The summed E-state index contributed by atoms with van der Waals surface area (Å²) in [4.78, 5) is 0. The molecule has 394 valence electrons. The monoisotopic (exact) mass is 1100 g/mol. The lowest BCUT2D eigenvalue weighted by Crippen LogP contribution is -2.75. The van der Waals surface area contributed by atoms with Gasteiger partial charge in [0.2, 0.25) is 5.51 Å². The molecule has 0 atom stereocenters. The number of hydrogen-bond acceptors (Lipinski definition) is 3. The summed E-state index contributed by atoms with van der Waals surface area (Å²) in [6.07, 6.45) is -54.8. The van der Waals surface area contributed by atoms with Gasteiger partial charge in [0.25, 0.3) is 5.06 Å². The molecule has 3 nitrogen and oxygen atoms in total. The summed E-state index contributed by atoms with van der Waals surface area (Å²) in [6.45, 7) is 2.12. The van der Waals surface area contributed by atoms with Crippen LogP contribution in [0.25, 0.3) is 0 Å². The molecule has 1 aliphatic heterocycles. The van der Waals surface area contributed by atoms with Gasteiger partial charge >= 0.3 is 55.3 Å². The number of ether oxygens (including phenoxy) is 2. The van der Waals surface area contributed by atoms with E-state index in [0.29, 0.717) is 13.2 Å². The van der Waals surface area contributed by atoms with Crippen molar-refractivity contribution in [2.75, 3.05) is 13.2 Å². The normalized spacial score (nSPS) is 14.2. The number of aromatic nitrogens is 1. The van der Waals surface area contributed by atoms with Gasteiger partial charge in [-0.05, 0) is 35.6 Å². The maximum absolute atomic E-state index is 14.2. The molecule has 7 rings (SSSR count). The van der Waals surface area contributed by atoms with Crippen LogP contribution in [0.15, 0.2) is 109 Å². The third-order valence-electron chi connectivity index (χ3n) is 10.9. The largest absolute Gasteiger partial charge is 0.473 e. The highest BCUT2D eigenvalue weighted by Crippen LogP contribution is 2.42. The van der Waals surface area contributed by atoms with Gasteiger partial charge < -0.3 is 9.47 Å². The van der Waals surface area contributed by atoms with E-state index in [2.05, 4.69) is 16.7 Å². The lowest BCUT2D eigenvalue weighted by Gasteiger charge is -2.46. The minimum Gasteiger partial charge on any atom is -0.473 e. The molecule has 0 spiro atoms. The van der Waals surface area contributed by atoms with E-state index in [9.17, 15) is 105 Å². The minimum atomic E-state index is -6.13. The summed E-state index contributed by atoms with van der Waals surface area (Å²) in [6, 6.07) is 1.53. The first-order valence-corrected chi connectivity index (χ1v) is 20.7. The second kappa shape index (κ2) is 19.2. The maximum Gasteiger partial charge on any atom is 0.424 e. The van der Waals surface area contributed by atoms with Crippen molar-refractivity contribution >= 4 is 39.3 Å². The predicted molar refractivity (Wildman–Crippen MR) is 211 cm³/mol. The Balaban J connectivity index is 0.000000453. The fourth-order valence-corrected chi connectivity index (χ4v) is 8.62. The molecule has 6 aromatic rings. The Hall–Kier alpha value is -6.29. The molecule has 2 heterocycles. The lowest BCUT2D eigenvalue weighted by molar-refractivity contribution is -0.689. The quantitative estimate of drug-likeness (QED) is 0.0942. The maximum atomic E-state index is 14.2. The Kier molecular flexibility index (Phi) is 14.7. The van der Waals surface area contributed by atoms with Crippen LogP contribution in [0, 0.1) is 0 Å².